The number of carbonyl (C=O) groups is 1. The van der Waals surface area contributed by atoms with Gasteiger partial charge in [0.25, 0.3) is 0 Å². The van der Waals surface area contributed by atoms with Crippen molar-refractivity contribution in [3.05, 3.63) is 35.9 Å². The van der Waals surface area contributed by atoms with Gasteiger partial charge in [0, 0.05) is 32.2 Å². The average molecular weight is 408 g/mol. The van der Waals surface area contributed by atoms with Crippen LogP contribution in [0.1, 0.15) is 50.5 Å². The van der Waals surface area contributed by atoms with Crippen LogP contribution in [0.5, 0.6) is 0 Å². The van der Waals surface area contributed by atoms with E-state index in [2.05, 4.69) is 5.32 Å². The zero-order valence-electron chi connectivity index (χ0n) is 16.7. The van der Waals surface area contributed by atoms with E-state index in [1.807, 2.05) is 30.3 Å². The normalized spacial score (nSPS) is 20.5. The molecule has 0 radical (unpaired) electrons. The summed E-state index contributed by atoms with van der Waals surface area (Å²) in [5, 5.41) is 3.44. The maximum Gasteiger partial charge on any atom is 0.236 e. The minimum absolute atomic E-state index is 0.0189. The second-order valence-electron chi connectivity index (χ2n) is 7.94. The van der Waals surface area contributed by atoms with E-state index >= 15 is 0 Å². The number of hydrogen-bond donors (Lipinski definition) is 1. The SMILES string of the molecule is O=C(CNC1CCCCCCC1)N1CCN(S(=O)(=O)Cc2ccccc2)CC1. The number of benzene rings is 1. The van der Waals surface area contributed by atoms with Crippen LogP contribution in [-0.4, -0.2) is 62.3 Å². The van der Waals surface area contributed by atoms with E-state index in [-0.39, 0.29) is 11.7 Å². The van der Waals surface area contributed by atoms with Gasteiger partial charge in [0.2, 0.25) is 15.9 Å². The van der Waals surface area contributed by atoms with E-state index in [9.17, 15) is 13.2 Å². The van der Waals surface area contributed by atoms with Crippen molar-refractivity contribution in [3.63, 3.8) is 0 Å². The first-order valence-electron chi connectivity index (χ1n) is 10.6. The van der Waals surface area contributed by atoms with E-state index < -0.39 is 10.0 Å². The van der Waals surface area contributed by atoms with Gasteiger partial charge in [0.15, 0.2) is 0 Å². The third-order valence-corrected chi connectivity index (χ3v) is 7.67. The first kappa shape index (κ1) is 21.3. The predicted octanol–water partition coefficient (Wildman–Crippen LogP) is 2.36. The van der Waals surface area contributed by atoms with Gasteiger partial charge in [-0.3, -0.25) is 4.79 Å². The summed E-state index contributed by atoms with van der Waals surface area (Å²) in [5.74, 6) is 0.104. The van der Waals surface area contributed by atoms with Gasteiger partial charge >= 0.3 is 0 Å². The molecular weight excluding hydrogens is 374 g/mol. The molecule has 2 aliphatic rings. The van der Waals surface area contributed by atoms with E-state index in [1.54, 1.807) is 4.90 Å². The molecule has 1 heterocycles. The second kappa shape index (κ2) is 10.4. The summed E-state index contributed by atoms with van der Waals surface area (Å²) >= 11 is 0. The van der Waals surface area contributed by atoms with E-state index in [1.165, 1.54) is 36.4 Å². The minimum Gasteiger partial charge on any atom is -0.339 e. The molecule has 28 heavy (non-hydrogen) atoms. The topological polar surface area (TPSA) is 69.7 Å². The maximum absolute atomic E-state index is 12.6. The van der Waals surface area contributed by atoms with Gasteiger partial charge in [-0.1, -0.05) is 62.4 Å². The zero-order valence-corrected chi connectivity index (χ0v) is 17.5. The fourth-order valence-corrected chi connectivity index (χ4v) is 5.61. The third-order valence-electron chi connectivity index (χ3n) is 5.82. The van der Waals surface area contributed by atoms with Crippen molar-refractivity contribution in [2.24, 2.45) is 0 Å². The fraction of sp³-hybridized carbons (Fsp3) is 0.667. The molecular formula is C21H33N3O3S. The lowest BCUT2D eigenvalue weighted by Gasteiger charge is -2.34. The van der Waals surface area contributed by atoms with Crippen LogP contribution in [-0.2, 0) is 20.6 Å². The highest BCUT2D eigenvalue weighted by atomic mass is 32.2. The lowest BCUT2D eigenvalue weighted by atomic mass is 9.97. The average Bonchev–Trinajstić information content (AvgIpc) is 2.67. The Morgan fingerprint density at radius 3 is 2.18 bits per heavy atom. The number of carbonyl (C=O) groups excluding carboxylic acids is 1. The molecule has 1 saturated heterocycles. The van der Waals surface area contributed by atoms with E-state index in [0.29, 0.717) is 38.8 Å². The largest absolute Gasteiger partial charge is 0.339 e. The van der Waals surface area contributed by atoms with Crippen molar-refractivity contribution < 1.29 is 13.2 Å². The molecule has 2 fully saturated rings. The highest BCUT2D eigenvalue weighted by Crippen LogP contribution is 2.17. The Bertz CT molecular complexity index is 708. The summed E-state index contributed by atoms with van der Waals surface area (Å²) in [7, 11) is -3.34. The smallest absolute Gasteiger partial charge is 0.236 e. The van der Waals surface area contributed by atoms with Crippen molar-refractivity contribution in [2.75, 3.05) is 32.7 Å². The van der Waals surface area contributed by atoms with Crippen molar-refractivity contribution in [3.8, 4) is 0 Å². The van der Waals surface area contributed by atoms with Crippen LogP contribution in [0, 0.1) is 0 Å². The molecule has 0 aromatic heterocycles. The summed E-state index contributed by atoms with van der Waals surface area (Å²) in [6, 6.07) is 9.69. The number of sulfonamides is 1. The number of hydrogen-bond acceptors (Lipinski definition) is 4. The number of rotatable bonds is 6. The summed E-state index contributed by atoms with van der Waals surface area (Å²) in [5.41, 5.74) is 0.796. The fourth-order valence-electron chi connectivity index (χ4n) is 4.10. The molecule has 6 nitrogen and oxygen atoms in total. The molecule has 1 aromatic carbocycles. The molecule has 0 unspecified atom stereocenters. The van der Waals surface area contributed by atoms with Crippen molar-refractivity contribution in [2.45, 2.75) is 56.7 Å². The summed E-state index contributed by atoms with van der Waals surface area (Å²) in [6.45, 7) is 2.06. The third kappa shape index (κ3) is 6.29. The lowest BCUT2D eigenvalue weighted by Crippen LogP contribution is -2.53. The quantitative estimate of drug-likeness (QED) is 0.786. The second-order valence-corrected chi connectivity index (χ2v) is 9.91. The van der Waals surface area contributed by atoms with Gasteiger partial charge in [-0.25, -0.2) is 8.42 Å². The van der Waals surface area contributed by atoms with Crippen LogP contribution in [0.3, 0.4) is 0 Å². The van der Waals surface area contributed by atoms with Gasteiger partial charge in [-0.15, -0.1) is 0 Å². The van der Waals surface area contributed by atoms with Crippen LogP contribution in [0.2, 0.25) is 0 Å². The molecule has 156 valence electrons. The monoisotopic (exact) mass is 407 g/mol. The minimum atomic E-state index is -3.34. The van der Waals surface area contributed by atoms with Crippen LogP contribution in [0.25, 0.3) is 0 Å². The van der Waals surface area contributed by atoms with Crippen LogP contribution >= 0.6 is 0 Å². The van der Waals surface area contributed by atoms with Crippen molar-refractivity contribution in [1.29, 1.82) is 0 Å². The van der Waals surface area contributed by atoms with Crippen LogP contribution in [0.4, 0.5) is 0 Å². The Morgan fingerprint density at radius 2 is 1.54 bits per heavy atom. The molecule has 0 atom stereocenters. The summed E-state index contributed by atoms with van der Waals surface area (Å²) in [6.07, 6.45) is 8.71. The lowest BCUT2D eigenvalue weighted by molar-refractivity contribution is -0.131. The molecule has 3 rings (SSSR count). The molecule has 1 N–H and O–H groups in total. The van der Waals surface area contributed by atoms with Gasteiger partial charge in [0.1, 0.15) is 0 Å². The van der Waals surface area contributed by atoms with Gasteiger partial charge in [-0.05, 0) is 18.4 Å². The first-order chi connectivity index (χ1) is 13.5. The van der Waals surface area contributed by atoms with Gasteiger partial charge in [-0.2, -0.15) is 4.31 Å². The number of nitrogens with zero attached hydrogens (tertiary/aromatic N) is 2. The predicted molar refractivity (Wildman–Crippen MR) is 111 cm³/mol. The molecule has 0 bridgehead atoms. The number of amides is 1. The first-order valence-corrected chi connectivity index (χ1v) is 12.2. The Kier molecular flexibility index (Phi) is 7.88. The molecule has 1 aliphatic heterocycles. The van der Waals surface area contributed by atoms with Crippen LogP contribution < -0.4 is 5.32 Å². The molecule has 7 heteroatoms. The molecule has 0 spiro atoms. The molecule has 1 aromatic rings. The molecule has 1 aliphatic carbocycles. The van der Waals surface area contributed by atoms with Gasteiger partial charge in [0.05, 0.1) is 12.3 Å². The standard InChI is InChI=1S/C21H33N3O3S/c25-21(17-22-20-11-7-2-1-3-8-12-20)23-13-15-24(16-14-23)28(26,27)18-19-9-5-4-6-10-19/h4-6,9-10,20,22H,1-3,7-8,11-18H2. The summed E-state index contributed by atoms with van der Waals surface area (Å²) < 4.78 is 26.8. The number of piperazine rings is 1. The van der Waals surface area contributed by atoms with Crippen molar-refractivity contribution >= 4 is 15.9 Å². The molecule has 1 amide bonds. The van der Waals surface area contributed by atoms with E-state index in [0.717, 1.165) is 18.4 Å². The summed E-state index contributed by atoms with van der Waals surface area (Å²) in [4.78, 5) is 14.3. The zero-order chi connectivity index (χ0) is 19.8. The highest BCUT2D eigenvalue weighted by Gasteiger charge is 2.29. The maximum atomic E-state index is 12.6. The van der Waals surface area contributed by atoms with Crippen molar-refractivity contribution in [1.82, 2.24) is 14.5 Å². The molecule has 1 saturated carbocycles. The highest BCUT2D eigenvalue weighted by molar-refractivity contribution is 7.88. The Balaban J connectivity index is 1.43. The van der Waals surface area contributed by atoms with Crippen LogP contribution in [0.15, 0.2) is 30.3 Å². The Hall–Kier alpha value is -1.44. The Labute approximate surface area is 169 Å². The number of nitrogens with one attached hydrogen (secondary N) is 1. The Morgan fingerprint density at radius 1 is 0.929 bits per heavy atom. The van der Waals surface area contributed by atoms with E-state index in [4.69, 9.17) is 0 Å². The van der Waals surface area contributed by atoms with Gasteiger partial charge < -0.3 is 10.2 Å².